The van der Waals surface area contributed by atoms with Crippen molar-refractivity contribution < 1.29 is 28.7 Å². The molecular formula is C17H19NO6. The predicted octanol–water partition coefficient (Wildman–Crippen LogP) is 1.84. The number of hydrogen-bond acceptors (Lipinski definition) is 6. The number of amides is 2. The summed E-state index contributed by atoms with van der Waals surface area (Å²) >= 11 is 0. The number of nitrogens with zero attached hydrogens (tertiary/aromatic N) is 1. The van der Waals surface area contributed by atoms with Gasteiger partial charge < -0.3 is 9.47 Å². The molecule has 1 aromatic rings. The smallest absolute Gasteiger partial charge is 0.344 e. The molecule has 24 heavy (non-hydrogen) atoms. The molecular weight excluding hydrogens is 314 g/mol. The normalized spacial score (nSPS) is 14.7. The van der Waals surface area contributed by atoms with E-state index in [2.05, 4.69) is 0 Å². The number of carbonyl (C=O) groups is 4. The highest BCUT2D eigenvalue weighted by Crippen LogP contribution is 2.23. The Hall–Kier alpha value is -2.70. The average Bonchev–Trinajstić information content (AvgIpc) is 2.82. The van der Waals surface area contributed by atoms with Crippen LogP contribution < -0.4 is 4.90 Å². The average molecular weight is 333 g/mol. The maximum atomic E-state index is 11.9. The van der Waals surface area contributed by atoms with Gasteiger partial charge in [0.1, 0.15) is 5.60 Å². The Bertz CT molecular complexity index is 655. The van der Waals surface area contributed by atoms with Gasteiger partial charge in [-0.05, 0) is 45.0 Å². The molecule has 0 aliphatic carbocycles. The fourth-order valence-electron chi connectivity index (χ4n) is 2.19. The van der Waals surface area contributed by atoms with Gasteiger partial charge in [0.05, 0.1) is 11.3 Å². The summed E-state index contributed by atoms with van der Waals surface area (Å²) in [5, 5.41) is 0. The van der Waals surface area contributed by atoms with E-state index >= 15 is 0 Å². The molecule has 128 valence electrons. The van der Waals surface area contributed by atoms with Gasteiger partial charge >= 0.3 is 11.9 Å². The molecule has 0 aromatic heterocycles. The van der Waals surface area contributed by atoms with Crippen molar-refractivity contribution in [2.45, 2.75) is 39.2 Å². The fraction of sp³-hybridized carbons (Fsp3) is 0.412. The molecule has 1 saturated heterocycles. The third kappa shape index (κ3) is 4.41. The Morgan fingerprint density at radius 2 is 1.58 bits per heavy atom. The monoisotopic (exact) mass is 333 g/mol. The van der Waals surface area contributed by atoms with Crippen LogP contribution in [-0.4, -0.2) is 36.0 Å². The third-order valence-corrected chi connectivity index (χ3v) is 3.15. The summed E-state index contributed by atoms with van der Waals surface area (Å²) in [5.74, 6) is -1.85. The maximum Gasteiger partial charge on any atom is 0.344 e. The van der Waals surface area contributed by atoms with Gasteiger partial charge in [-0.25, -0.2) is 9.59 Å². The molecule has 1 fully saturated rings. The highest BCUT2D eigenvalue weighted by atomic mass is 16.6. The van der Waals surface area contributed by atoms with Gasteiger partial charge in [0.15, 0.2) is 6.61 Å². The lowest BCUT2D eigenvalue weighted by atomic mass is 10.2. The van der Waals surface area contributed by atoms with Crippen LogP contribution in [0.15, 0.2) is 24.3 Å². The van der Waals surface area contributed by atoms with Crippen molar-refractivity contribution in [3.8, 4) is 0 Å². The quantitative estimate of drug-likeness (QED) is 0.617. The second kappa shape index (κ2) is 6.82. The number of carbonyl (C=O) groups excluding carboxylic acids is 4. The summed E-state index contributed by atoms with van der Waals surface area (Å²) in [5.41, 5.74) is -0.0347. The van der Waals surface area contributed by atoms with Crippen molar-refractivity contribution in [3.05, 3.63) is 29.8 Å². The summed E-state index contributed by atoms with van der Waals surface area (Å²) in [4.78, 5) is 47.8. The molecule has 0 bridgehead atoms. The molecule has 0 N–H and O–H groups in total. The van der Waals surface area contributed by atoms with Crippen LogP contribution in [0.5, 0.6) is 0 Å². The first-order valence-corrected chi connectivity index (χ1v) is 7.52. The molecule has 1 aromatic carbocycles. The first kappa shape index (κ1) is 17.7. The van der Waals surface area contributed by atoms with Crippen LogP contribution in [-0.2, 0) is 23.9 Å². The van der Waals surface area contributed by atoms with Gasteiger partial charge in [-0.15, -0.1) is 0 Å². The summed E-state index contributed by atoms with van der Waals surface area (Å²) in [6.45, 7) is 4.66. The number of ether oxygens (including phenoxy) is 2. The van der Waals surface area contributed by atoms with E-state index in [1.54, 1.807) is 20.8 Å². The molecule has 1 heterocycles. The van der Waals surface area contributed by atoms with Gasteiger partial charge in [-0.2, -0.15) is 0 Å². The Balaban J connectivity index is 1.95. The van der Waals surface area contributed by atoms with E-state index in [-0.39, 0.29) is 30.2 Å². The lowest BCUT2D eigenvalue weighted by molar-refractivity contribution is -0.158. The van der Waals surface area contributed by atoms with Crippen LogP contribution in [0.4, 0.5) is 5.69 Å². The molecule has 2 rings (SSSR count). The molecule has 7 nitrogen and oxygen atoms in total. The first-order chi connectivity index (χ1) is 11.2. The zero-order chi connectivity index (χ0) is 17.9. The SMILES string of the molecule is CC(C)(C)OC(=O)COC(=O)c1ccc(N2C(=O)CCC2=O)cc1. The largest absolute Gasteiger partial charge is 0.457 e. The van der Waals surface area contributed by atoms with Gasteiger partial charge in [0, 0.05) is 12.8 Å². The second-order valence-corrected chi connectivity index (χ2v) is 6.33. The van der Waals surface area contributed by atoms with E-state index in [4.69, 9.17) is 9.47 Å². The zero-order valence-corrected chi connectivity index (χ0v) is 13.8. The summed E-state index contributed by atoms with van der Waals surface area (Å²) in [7, 11) is 0. The third-order valence-electron chi connectivity index (χ3n) is 3.15. The Labute approximate surface area is 139 Å². The minimum Gasteiger partial charge on any atom is -0.457 e. The molecule has 7 heteroatoms. The van der Waals surface area contributed by atoms with Gasteiger partial charge in [-0.1, -0.05) is 0 Å². The van der Waals surface area contributed by atoms with Crippen LogP contribution in [0.25, 0.3) is 0 Å². The lowest BCUT2D eigenvalue weighted by Crippen LogP contribution is -2.28. The van der Waals surface area contributed by atoms with E-state index in [9.17, 15) is 19.2 Å². The highest BCUT2D eigenvalue weighted by molar-refractivity contribution is 6.19. The second-order valence-electron chi connectivity index (χ2n) is 6.33. The van der Waals surface area contributed by atoms with Crippen LogP contribution >= 0.6 is 0 Å². The minimum atomic E-state index is -0.688. The lowest BCUT2D eigenvalue weighted by Gasteiger charge is -2.19. The molecule has 1 aliphatic heterocycles. The van der Waals surface area contributed by atoms with Crippen LogP contribution in [0, 0.1) is 0 Å². The molecule has 2 amide bonds. The van der Waals surface area contributed by atoms with Gasteiger partial charge in [-0.3, -0.25) is 14.5 Å². The number of benzene rings is 1. The van der Waals surface area contributed by atoms with Gasteiger partial charge in [0.2, 0.25) is 11.8 Å². The topological polar surface area (TPSA) is 90.0 Å². The van der Waals surface area contributed by atoms with Crippen molar-refractivity contribution in [1.29, 1.82) is 0 Å². The Morgan fingerprint density at radius 3 is 2.08 bits per heavy atom. The van der Waals surface area contributed by atoms with E-state index < -0.39 is 24.1 Å². The van der Waals surface area contributed by atoms with Crippen LogP contribution in [0.1, 0.15) is 44.0 Å². The van der Waals surface area contributed by atoms with Crippen molar-refractivity contribution in [1.82, 2.24) is 0 Å². The molecule has 0 unspecified atom stereocenters. The maximum absolute atomic E-state index is 11.9. The number of esters is 2. The molecule has 0 spiro atoms. The predicted molar refractivity (Wildman–Crippen MR) is 84.3 cm³/mol. The van der Waals surface area contributed by atoms with E-state index in [1.165, 1.54) is 24.3 Å². The Morgan fingerprint density at radius 1 is 1.04 bits per heavy atom. The van der Waals surface area contributed by atoms with E-state index in [0.29, 0.717) is 5.69 Å². The Kier molecular flexibility index (Phi) is 5.02. The van der Waals surface area contributed by atoms with Crippen molar-refractivity contribution in [2.75, 3.05) is 11.5 Å². The van der Waals surface area contributed by atoms with Crippen molar-refractivity contribution in [3.63, 3.8) is 0 Å². The van der Waals surface area contributed by atoms with Crippen molar-refractivity contribution in [2.24, 2.45) is 0 Å². The van der Waals surface area contributed by atoms with Crippen LogP contribution in [0.3, 0.4) is 0 Å². The fourth-order valence-corrected chi connectivity index (χ4v) is 2.19. The number of imide groups is 1. The van der Waals surface area contributed by atoms with E-state index in [1.807, 2.05) is 0 Å². The molecule has 0 saturated carbocycles. The number of hydrogen-bond donors (Lipinski definition) is 0. The van der Waals surface area contributed by atoms with Crippen LogP contribution in [0.2, 0.25) is 0 Å². The number of rotatable bonds is 4. The van der Waals surface area contributed by atoms with Gasteiger partial charge in [0.25, 0.3) is 0 Å². The van der Waals surface area contributed by atoms with Crippen molar-refractivity contribution >= 4 is 29.4 Å². The highest BCUT2D eigenvalue weighted by Gasteiger charge is 2.30. The summed E-state index contributed by atoms with van der Waals surface area (Å²) < 4.78 is 9.92. The van der Waals surface area contributed by atoms with E-state index in [0.717, 1.165) is 4.90 Å². The standard InChI is InChI=1S/C17H19NO6/c1-17(2,3)24-15(21)10-23-16(22)11-4-6-12(7-5-11)18-13(19)8-9-14(18)20/h4-7H,8-10H2,1-3H3. The molecule has 1 aliphatic rings. The first-order valence-electron chi connectivity index (χ1n) is 7.52. The summed E-state index contributed by atoms with van der Waals surface area (Å²) in [6.07, 6.45) is 0.386. The summed E-state index contributed by atoms with van der Waals surface area (Å²) in [6, 6.07) is 5.85. The number of anilines is 1. The molecule has 0 atom stereocenters. The minimum absolute atomic E-state index is 0.193. The zero-order valence-electron chi connectivity index (χ0n) is 13.8. The molecule has 0 radical (unpaired) electrons.